The topological polar surface area (TPSA) is 41.6 Å². The van der Waals surface area contributed by atoms with E-state index in [0.29, 0.717) is 18.7 Å². The molecule has 0 radical (unpaired) electrons. The number of benzene rings is 2. The van der Waals surface area contributed by atoms with Gasteiger partial charge in [0, 0.05) is 35.8 Å². The average Bonchev–Trinajstić information content (AvgIpc) is 2.75. The number of nitrogens with one attached hydrogen (secondary N) is 1. The van der Waals surface area contributed by atoms with Crippen LogP contribution in [0, 0.1) is 11.8 Å². The van der Waals surface area contributed by atoms with Crippen molar-refractivity contribution in [3.8, 4) is 5.75 Å². The number of nitrogens with zero attached hydrogens (tertiary/aromatic N) is 1. The molecule has 2 atom stereocenters. The molecule has 5 heteroatoms. The highest BCUT2D eigenvalue weighted by atomic mass is 32.2. The lowest BCUT2D eigenvalue weighted by atomic mass is 9.92. The first kappa shape index (κ1) is 22.7. The summed E-state index contributed by atoms with van der Waals surface area (Å²) in [5, 5.41) is 3.04. The molecule has 0 unspecified atom stereocenters. The first-order chi connectivity index (χ1) is 14.6. The first-order valence-electron chi connectivity index (χ1n) is 11.0. The number of likely N-dealkylation sites (tertiary alicyclic amines) is 1. The summed E-state index contributed by atoms with van der Waals surface area (Å²) in [6, 6.07) is 17.7. The molecular formula is C25H34N2O2S. The molecular weight excluding hydrogens is 392 g/mol. The van der Waals surface area contributed by atoms with Crippen molar-refractivity contribution < 1.29 is 9.53 Å². The zero-order valence-corrected chi connectivity index (χ0v) is 19.0. The fraction of sp³-hybridized carbons (Fsp3) is 0.480. The molecule has 1 saturated heterocycles. The van der Waals surface area contributed by atoms with Crippen LogP contribution in [0.5, 0.6) is 5.75 Å². The van der Waals surface area contributed by atoms with Gasteiger partial charge in [-0.05, 0) is 67.6 Å². The van der Waals surface area contributed by atoms with E-state index >= 15 is 0 Å². The summed E-state index contributed by atoms with van der Waals surface area (Å²) in [5.74, 6) is 3.23. The number of rotatable bonds is 10. The molecule has 1 N–H and O–H groups in total. The fourth-order valence-electron chi connectivity index (χ4n) is 4.12. The van der Waals surface area contributed by atoms with Crippen molar-refractivity contribution in [3.63, 3.8) is 0 Å². The standard InChI is InChI=1S/C25H34N2O2S/c1-20-17-21(2)19-27(18-20)14-6-13-26-25(28)22-9-11-23(12-10-22)29-15-16-30-24-7-4-3-5-8-24/h3-5,7-12,20-21H,6,13-19H2,1-2H3,(H,26,28)/t20-,21-/m0/s1. The molecule has 0 aliphatic carbocycles. The summed E-state index contributed by atoms with van der Waals surface area (Å²) in [4.78, 5) is 16.1. The van der Waals surface area contributed by atoms with Gasteiger partial charge >= 0.3 is 0 Å². The van der Waals surface area contributed by atoms with E-state index in [1.54, 1.807) is 11.8 Å². The Morgan fingerprint density at radius 1 is 1.07 bits per heavy atom. The summed E-state index contributed by atoms with van der Waals surface area (Å²) < 4.78 is 5.79. The van der Waals surface area contributed by atoms with Crippen molar-refractivity contribution in [2.45, 2.75) is 31.6 Å². The van der Waals surface area contributed by atoms with Gasteiger partial charge in [-0.15, -0.1) is 11.8 Å². The van der Waals surface area contributed by atoms with Crippen LogP contribution in [0.3, 0.4) is 0 Å². The quantitative estimate of drug-likeness (QED) is 0.431. The highest BCUT2D eigenvalue weighted by Crippen LogP contribution is 2.21. The van der Waals surface area contributed by atoms with Crippen molar-refractivity contribution in [3.05, 3.63) is 60.2 Å². The third-order valence-corrected chi connectivity index (χ3v) is 6.34. The predicted octanol–water partition coefficient (Wildman–Crippen LogP) is 4.96. The van der Waals surface area contributed by atoms with Crippen molar-refractivity contribution in [2.24, 2.45) is 11.8 Å². The van der Waals surface area contributed by atoms with Crippen LogP contribution in [0.1, 0.15) is 37.0 Å². The van der Waals surface area contributed by atoms with Gasteiger partial charge in [0.25, 0.3) is 5.91 Å². The maximum Gasteiger partial charge on any atom is 0.251 e. The molecule has 2 aromatic rings. The van der Waals surface area contributed by atoms with Crippen molar-refractivity contribution in [1.82, 2.24) is 10.2 Å². The number of carbonyl (C=O) groups excluding carboxylic acids is 1. The number of carbonyl (C=O) groups is 1. The summed E-state index contributed by atoms with van der Waals surface area (Å²) in [5.41, 5.74) is 0.682. The Kier molecular flexibility index (Phi) is 9.09. The Morgan fingerprint density at radius 2 is 1.77 bits per heavy atom. The average molecular weight is 427 g/mol. The Morgan fingerprint density at radius 3 is 2.47 bits per heavy atom. The molecule has 1 heterocycles. The van der Waals surface area contributed by atoms with Gasteiger partial charge in [-0.1, -0.05) is 32.0 Å². The van der Waals surface area contributed by atoms with E-state index in [0.717, 1.165) is 36.3 Å². The monoisotopic (exact) mass is 426 g/mol. The molecule has 1 aliphatic rings. The number of hydrogen-bond acceptors (Lipinski definition) is 4. The van der Waals surface area contributed by atoms with Crippen molar-refractivity contribution >= 4 is 17.7 Å². The van der Waals surface area contributed by atoms with E-state index in [2.05, 4.69) is 36.2 Å². The maximum absolute atomic E-state index is 12.4. The summed E-state index contributed by atoms with van der Waals surface area (Å²) in [6.07, 6.45) is 2.32. The van der Waals surface area contributed by atoms with Gasteiger partial charge in [-0.3, -0.25) is 4.79 Å². The molecule has 0 spiro atoms. The second kappa shape index (κ2) is 12.0. The Labute approximate surface area is 185 Å². The number of hydrogen-bond donors (Lipinski definition) is 1. The Bertz CT molecular complexity index is 756. The smallest absolute Gasteiger partial charge is 0.251 e. The fourth-order valence-corrected chi connectivity index (χ4v) is 4.87. The Hall–Kier alpha value is -1.98. The second-order valence-corrected chi connectivity index (χ2v) is 9.52. The molecule has 30 heavy (non-hydrogen) atoms. The van der Waals surface area contributed by atoms with Gasteiger partial charge in [0.05, 0.1) is 6.61 Å². The molecule has 3 rings (SSSR count). The van der Waals surface area contributed by atoms with Gasteiger partial charge in [0.1, 0.15) is 5.75 Å². The summed E-state index contributed by atoms with van der Waals surface area (Å²) >= 11 is 1.78. The largest absolute Gasteiger partial charge is 0.493 e. The third kappa shape index (κ3) is 7.69. The van der Waals surface area contributed by atoms with Crippen LogP contribution in [0.15, 0.2) is 59.5 Å². The van der Waals surface area contributed by atoms with Crippen LogP contribution >= 0.6 is 11.8 Å². The van der Waals surface area contributed by atoms with Crippen molar-refractivity contribution in [2.75, 3.05) is 38.5 Å². The lowest BCUT2D eigenvalue weighted by molar-refractivity contribution is 0.0947. The van der Waals surface area contributed by atoms with E-state index in [4.69, 9.17) is 4.74 Å². The van der Waals surface area contributed by atoms with Gasteiger partial charge in [-0.2, -0.15) is 0 Å². The minimum Gasteiger partial charge on any atom is -0.493 e. The summed E-state index contributed by atoms with van der Waals surface area (Å²) in [6.45, 7) is 9.45. The number of amides is 1. The van der Waals surface area contributed by atoms with Gasteiger partial charge in [0.15, 0.2) is 0 Å². The van der Waals surface area contributed by atoms with E-state index in [9.17, 15) is 4.79 Å². The molecule has 0 saturated carbocycles. The molecule has 1 amide bonds. The second-order valence-electron chi connectivity index (χ2n) is 8.35. The highest BCUT2D eigenvalue weighted by molar-refractivity contribution is 7.99. The van der Waals surface area contributed by atoms with Gasteiger partial charge < -0.3 is 15.0 Å². The Balaban J connectivity index is 1.31. The van der Waals surface area contributed by atoms with E-state index in [1.807, 2.05) is 42.5 Å². The number of piperidine rings is 1. The molecule has 162 valence electrons. The number of ether oxygens (including phenoxy) is 1. The van der Waals surface area contributed by atoms with E-state index in [1.165, 1.54) is 24.4 Å². The lowest BCUT2D eigenvalue weighted by Crippen LogP contribution is -2.40. The van der Waals surface area contributed by atoms with Crippen LogP contribution in [0.2, 0.25) is 0 Å². The maximum atomic E-state index is 12.4. The summed E-state index contributed by atoms with van der Waals surface area (Å²) in [7, 11) is 0. The van der Waals surface area contributed by atoms with Crippen LogP contribution in [-0.2, 0) is 0 Å². The predicted molar refractivity (Wildman–Crippen MR) is 125 cm³/mol. The molecule has 1 fully saturated rings. The van der Waals surface area contributed by atoms with Gasteiger partial charge in [-0.25, -0.2) is 0 Å². The SMILES string of the molecule is C[C@H]1C[C@H](C)CN(CCCNC(=O)c2ccc(OCCSc3ccccc3)cc2)C1. The lowest BCUT2D eigenvalue weighted by Gasteiger charge is -2.34. The van der Waals surface area contributed by atoms with Crippen LogP contribution < -0.4 is 10.1 Å². The first-order valence-corrected chi connectivity index (χ1v) is 12.0. The van der Waals surface area contributed by atoms with Crippen LogP contribution in [0.4, 0.5) is 0 Å². The molecule has 4 nitrogen and oxygen atoms in total. The van der Waals surface area contributed by atoms with E-state index in [-0.39, 0.29) is 5.91 Å². The van der Waals surface area contributed by atoms with E-state index < -0.39 is 0 Å². The zero-order chi connectivity index (χ0) is 21.2. The van der Waals surface area contributed by atoms with Crippen LogP contribution in [-0.4, -0.2) is 49.3 Å². The minimum absolute atomic E-state index is 0.0124. The zero-order valence-electron chi connectivity index (χ0n) is 18.2. The molecule has 0 aromatic heterocycles. The van der Waals surface area contributed by atoms with Crippen molar-refractivity contribution in [1.29, 1.82) is 0 Å². The highest BCUT2D eigenvalue weighted by Gasteiger charge is 2.21. The molecule has 2 aromatic carbocycles. The molecule has 0 bridgehead atoms. The van der Waals surface area contributed by atoms with Gasteiger partial charge in [0.2, 0.25) is 0 Å². The number of thioether (sulfide) groups is 1. The third-order valence-electron chi connectivity index (χ3n) is 5.36. The van der Waals surface area contributed by atoms with Crippen LogP contribution in [0.25, 0.3) is 0 Å². The normalized spacial score (nSPS) is 19.4. The minimum atomic E-state index is -0.0124. The molecule has 1 aliphatic heterocycles.